The van der Waals surface area contributed by atoms with Gasteiger partial charge in [-0.15, -0.1) is 0 Å². The fraction of sp³-hybridized carbons (Fsp3) is 0.538. The molecule has 1 aliphatic rings. The van der Waals surface area contributed by atoms with Gasteiger partial charge < -0.3 is 16.0 Å². The van der Waals surface area contributed by atoms with Crippen LogP contribution in [0.25, 0.3) is 0 Å². The zero-order chi connectivity index (χ0) is 13.0. The third-order valence-electron chi connectivity index (χ3n) is 3.37. The Kier molecular flexibility index (Phi) is 4.15. The second-order valence-corrected chi connectivity index (χ2v) is 4.64. The predicted molar refractivity (Wildman–Crippen MR) is 71.5 cm³/mol. The second kappa shape index (κ2) is 5.82. The molecule has 0 saturated carbocycles. The SMILES string of the molecule is CCN1CCCC(Nc2ncccc2C(N)=O)C1. The number of nitrogens with zero attached hydrogens (tertiary/aromatic N) is 2. The number of hydrogen-bond acceptors (Lipinski definition) is 4. The van der Waals surface area contributed by atoms with Crippen molar-refractivity contribution in [3.63, 3.8) is 0 Å². The van der Waals surface area contributed by atoms with E-state index in [-0.39, 0.29) is 0 Å². The van der Waals surface area contributed by atoms with Crippen LogP contribution in [0, 0.1) is 0 Å². The van der Waals surface area contributed by atoms with Gasteiger partial charge in [-0.2, -0.15) is 0 Å². The number of carbonyl (C=O) groups is 1. The summed E-state index contributed by atoms with van der Waals surface area (Å²) < 4.78 is 0. The van der Waals surface area contributed by atoms with Crippen molar-refractivity contribution in [2.24, 2.45) is 5.73 Å². The van der Waals surface area contributed by atoms with E-state index in [4.69, 9.17) is 5.73 Å². The van der Waals surface area contributed by atoms with Crippen LogP contribution in [-0.4, -0.2) is 41.5 Å². The minimum atomic E-state index is -0.436. The lowest BCUT2D eigenvalue weighted by atomic mass is 10.1. The van der Waals surface area contributed by atoms with Crippen molar-refractivity contribution in [2.75, 3.05) is 25.0 Å². The molecule has 1 aliphatic heterocycles. The van der Waals surface area contributed by atoms with Gasteiger partial charge in [-0.1, -0.05) is 6.92 Å². The normalized spacial score (nSPS) is 20.6. The number of likely N-dealkylation sites (tertiary alicyclic amines) is 1. The number of primary amides is 1. The van der Waals surface area contributed by atoms with Crippen LogP contribution >= 0.6 is 0 Å². The van der Waals surface area contributed by atoms with Crippen LogP contribution in [0.2, 0.25) is 0 Å². The molecule has 98 valence electrons. The van der Waals surface area contributed by atoms with E-state index >= 15 is 0 Å². The summed E-state index contributed by atoms with van der Waals surface area (Å²) in [6, 6.07) is 3.77. The van der Waals surface area contributed by atoms with Crippen LogP contribution in [0.3, 0.4) is 0 Å². The van der Waals surface area contributed by atoms with Crippen molar-refractivity contribution in [3.8, 4) is 0 Å². The van der Waals surface area contributed by atoms with Crippen LogP contribution in [-0.2, 0) is 0 Å². The lowest BCUT2D eigenvalue weighted by molar-refractivity contribution is 0.100. The highest BCUT2D eigenvalue weighted by Crippen LogP contribution is 2.17. The molecule has 0 radical (unpaired) electrons. The molecule has 5 nitrogen and oxygen atoms in total. The lowest BCUT2D eigenvalue weighted by Crippen LogP contribution is -2.42. The van der Waals surface area contributed by atoms with Crippen molar-refractivity contribution in [3.05, 3.63) is 23.9 Å². The molecule has 0 aromatic carbocycles. The van der Waals surface area contributed by atoms with E-state index in [1.54, 1.807) is 18.3 Å². The number of anilines is 1. The molecule has 1 amide bonds. The molecule has 2 heterocycles. The fourth-order valence-corrected chi connectivity index (χ4v) is 2.37. The maximum atomic E-state index is 11.3. The highest BCUT2D eigenvalue weighted by Gasteiger charge is 2.20. The van der Waals surface area contributed by atoms with E-state index in [1.807, 2.05) is 0 Å². The first-order valence-corrected chi connectivity index (χ1v) is 6.44. The summed E-state index contributed by atoms with van der Waals surface area (Å²) in [5, 5.41) is 3.34. The fourth-order valence-electron chi connectivity index (χ4n) is 2.37. The molecule has 2 rings (SSSR count). The zero-order valence-corrected chi connectivity index (χ0v) is 10.7. The Hall–Kier alpha value is -1.62. The maximum absolute atomic E-state index is 11.3. The largest absolute Gasteiger partial charge is 0.365 e. The van der Waals surface area contributed by atoms with Gasteiger partial charge in [-0.05, 0) is 38.1 Å². The molecule has 0 spiro atoms. The number of rotatable bonds is 4. The van der Waals surface area contributed by atoms with Crippen molar-refractivity contribution in [1.29, 1.82) is 0 Å². The molecular formula is C13H20N4O. The van der Waals surface area contributed by atoms with Gasteiger partial charge in [0.25, 0.3) is 5.91 Å². The smallest absolute Gasteiger partial charge is 0.252 e. The Morgan fingerprint density at radius 1 is 1.67 bits per heavy atom. The van der Waals surface area contributed by atoms with Crippen LogP contribution < -0.4 is 11.1 Å². The van der Waals surface area contributed by atoms with Crippen LogP contribution in [0.15, 0.2) is 18.3 Å². The maximum Gasteiger partial charge on any atom is 0.252 e. The minimum absolute atomic E-state index is 0.340. The Labute approximate surface area is 107 Å². The average Bonchev–Trinajstić information content (AvgIpc) is 2.39. The molecule has 1 fully saturated rings. The first-order chi connectivity index (χ1) is 8.70. The summed E-state index contributed by atoms with van der Waals surface area (Å²) in [6.45, 7) is 5.37. The zero-order valence-electron chi connectivity index (χ0n) is 10.7. The number of carbonyl (C=O) groups excluding carboxylic acids is 1. The van der Waals surface area contributed by atoms with Gasteiger partial charge in [-0.3, -0.25) is 4.79 Å². The first-order valence-electron chi connectivity index (χ1n) is 6.44. The number of aromatic nitrogens is 1. The van der Waals surface area contributed by atoms with E-state index < -0.39 is 5.91 Å². The van der Waals surface area contributed by atoms with Gasteiger partial charge >= 0.3 is 0 Å². The van der Waals surface area contributed by atoms with Crippen molar-refractivity contribution in [1.82, 2.24) is 9.88 Å². The standard InChI is InChI=1S/C13H20N4O/c1-2-17-8-4-5-10(9-17)16-13-11(12(14)18)6-3-7-15-13/h3,6-7,10H,2,4-5,8-9H2,1H3,(H2,14,18)(H,15,16). The molecular weight excluding hydrogens is 228 g/mol. The summed E-state index contributed by atoms with van der Waals surface area (Å²) >= 11 is 0. The molecule has 1 atom stereocenters. The highest BCUT2D eigenvalue weighted by atomic mass is 16.1. The van der Waals surface area contributed by atoms with Gasteiger partial charge in [0.1, 0.15) is 5.82 Å². The third kappa shape index (κ3) is 2.98. The van der Waals surface area contributed by atoms with Crippen molar-refractivity contribution >= 4 is 11.7 Å². The van der Waals surface area contributed by atoms with E-state index in [9.17, 15) is 4.79 Å². The lowest BCUT2D eigenvalue weighted by Gasteiger charge is -2.32. The number of pyridine rings is 1. The summed E-state index contributed by atoms with van der Waals surface area (Å²) in [7, 11) is 0. The monoisotopic (exact) mass is 248 g/mol. The van der Waals surface area contributed by atoms with Gasteiger partial charge in [0.15, 0.2) is 0 Å². The number of hydrogen-bond donors (Lipinski definition) is 2. The average molecular weight is 248 g/mol. The number of nitrogens with one attached hydrogen (secondary N) is 1. The number of nitrogens with two attached hydrogens (primary N) is 1. The van der Waals surface area contributed by atoms with Crippen LogP contribution in [0.4, 0.5) is 5.82 Å². The van der Waals surface area contributed by atoms with Crippen molar-refractivity contribution in [2.45, 2.75) is 25.8 Å². The Morgan fingerprint density at radius 2 is 2.50 bits per heavy atom. The number of likely N-dealkylation sites (N-methyl/N-ethyl adjacent to an activating group) is 1. The quantitative estimate of drug-likeness (QED) is 0.836. The van der Waals surface area contributed by atoms with Gasteiger partial charge in [0.05, 0.1) is 5.56 Å². The predicted octanol–water partition coefficient (Wildman–Crippen LogP) is 1.08. The van der Waals surface area contributed by atoms with E-state index in [0.717, 1.165) is 26.1 Å². The molecule has 1 aromatic rings. The molecule has 18 heavy (non-hydrogen) atoms. The molecule has 1 aromatic heterocycles. The molecule has 1 saturated heterocycles. The Morgan fingerprint density at radius 3 is 3.22 bits per heavy atom. The van der Waals surface area contributed by atoms with E-state index in [2.05, 4.69) is 22.1 Å². The topological polar surface area (TPSA) is 71.2 Å². The number of piperidine rings is 1. The van der Waals surface area contributed by atoms with Gasteiger partial charge in [-0.25, -0.2) is 4.98 Å². The Bertz CT molecular complexity index is 421. The molecule has 0 bridgehead atoms. The molecule has 5 heteroatoms. The molecule has 1 unspecified atom stereocenters. The highest BCUT2D eigenvalue weighted by molar-refractivity contribution is 5.97. The molecule has 0 aliphatic carbocycles. The van der Waals surface area contributed by atoms with Gasteiger partial charge in [0, 0.05) is 18.8 Å². The van der Waals surface area contributed by atoms with Crippen molar-refractivity contribution < 1.29 is 4.79 Å². The summed E-state index contributed by atoms with van der Waals surface area (Å²) in [4.78, 5) is 17.9. The van der Waals surface area contributed by atoms with Crippen LogP contribution in [0.5, 0.6) is 0 Å². The second-order valence-electron chi connectivity index (χ2n) is 4.64. The number of amides is 1. The van der Waals surface area contributed by atoms with E-state index in [1.165, 1.54) is 6.42 Å². The summed E-state index contributed by atoms with van der Waals surface area (Å²) in [5.74, 6) is 0.168. The summed E-state index contributed by atoms with van der Waals surface area (Å²) in [6.07, 6.45) is 3.95. The van der Waals surface area contributed by atoms with Gasteiger partial charge in [0.2, 0.25) is 0 Å². The summed E-state index contributed by atoms with van der Waals surface area (Å²) in [5.41, 5.74) is 5.81. The molecule has 3 N–H and O–H groups in total. The van der Waals surface area contributed by atoms with E-state index in [0.29, 0.717) is 17.4 Å². The van der Waals surface area contributed by atoms with Crippen LogP contribution in [0.1, 0.15) is 30.1 Å². The third-order valence-corrected chi connectivity index (χ3v) is 3.37. The first kappa shape index (κ1) is 12.8. The Balaban J connectivity index is 2.07. The minimum Gasteiger partial charge on any atom is -0.365 e.